The third-order valence-electron chi connectivity index (χ3n) is 16.4. The molecule has 2 saturated carbocycles. The van der Waals surface area contributed by atoms with Crippen LogP contribution >= 0.6 is 22.7 Å². The second-order valence-corrected chi connectivity index (χ2v) is 28.2. The number of benzene rings is 2. The largest absolute Gasteiger partial charge is 0.290 e. The van der Waals surface area contributed by atoms with Crippen LogP contribution in [-0.2, 0) is 46.6 Å². The van der Waals surface area contributed by atoms with Crippen molar-refractivity contribution in [2.75, 3.05) is 0 Å². The summed E-state index contributed by atoms with van der Waals surface area (Å²) in [6, 6.07) is 12.3. The van der Waals surface area contributed by atoms with Gasteiger partial charge in [0.2, 0.25) is 11.6 Å². The first kappa shape index (κ1) is 53.1. The zero-order valence-electron chi connectivity index (χ0n) is 43.7. The molecule has 0 amide bonds. The SMILES string of the molecule is Cc1cnc(C(=O)[C@]23Cc4cnn(-c5ccc(F)cc5)c4C=C2CC[C@H](C(C)S(=O)(=O)c2cnn(C)c2)C3)s1.Cc1cnc(C(=O)[C@]23Cc4cnn(-c5ccc(F)cc5)c4C=C2CC[C@H]([C@H](C)S(=O)(=O)c2cnn(C)c2)C3)s1. The molecule has 16 nitrogen and oxygen atoms in total. The Balaban J connectivity index is 0.000000165. The van der Waals surface area contributed by atoms with Crippen molar-refractivity contribution in [2.24, 2.45) is 36.8 Å². The fraction of sp³-hybridized carbons (Fsp3) is 0.357. The van der Waals surface area contributed by atoms with Crippen LogP contribution in [0.1, 0.15) is 104 Å². The fourth-order valence-electron chi connectivity index (χ4n) is 12.0. The fourth-order valence-corrected chi connectivity index (χ4v) is 17.0. The van der Waals surface area contributed by atoms with Crippen LogP contribution < -0.4 is 0 Å². The van der Waals surface area contributed by atoms with Crippen LogP contribution in [0, 0.1) is 48.1 Å². The number of allylic oxidation sites excluding steroid dienone is 2. The second-order valence-electron chi connectivity index (χ2n) is 21.2. The molecule has 78 heavy (non-hydrogen) atoms. The molecule has 0 spiro atoms. The highest BCUT2D eigenvalue weighted by molar-refractivity contribution is 7.92. The maximum absolute atomic E-state index is 14.3. The first-order valence-corrected chi connectivity index (χ1v) is 30.4. The Labute approximate surface area is 458 Å². The van der Waals surface area contributed by atoms with Crippen molar-refractivity contribution in [2.45, 2.75) is 99.4 Å². The van der Waals surface area contributed by atoms with Crippen molar-refractivity contribution >= 4 is 66.1 Å². The zero-order valence-corrected chi connectivity index (χ0v) is 46.9. The van der Waals surface area contributed by atoms with Gasteiger partial charge in [0.05, 0.1) is 68.9 Å². The minimum absolute atomic E-state index is 0.0669. The molecule has 8 aromatic rings. The van der Waals surface area contributed by atoms with Crippen LogP contribution in [0.5, 0.6) is 0 Å². The third-order valence-corrected chi connectivity index (χ3v) is 22.7. The molecule has 2 fully saturated rings. The van der Waals surface area contributed by atoms with E-state index in [1.807, 2.05) is 26.0 Å². The van der Waals surface area contributed by atoms with Gasteiger partial charge in [0.1, 0.15) is 21.4 Å². The lowest BCUT2D eigenvalue weighted by Gasteiger charge is -2.45. The van der Waals surface area contributed by atoms with E-state index in [1.54, 1.807) is 86.4 Å². The first-order valence-electron chi connectivity index (χ1n) is 25.6. The molecular formula is C56H56F2N10O6S4. The van der Waals surface area contributed by atoms with Crippen LogP contribution in [0.2, 0.25) is 0 Å². The number of carbonyl (C=O) groups excluding carboxylic acids is 2. The molecule has 0 saturated heterocycles. The van der Waals surface area contributed by atoms with Crippen molar-refractivity contribution < 1.29 is 35.2 Å². The van der Waals surface area contributed by atoms with Gasteiger partial charge in [0.15, 0.2) is 29.7 Å². The number of carbonyl (C=O) groups is 2. The quantitative estimate of drug-likeness (QED) is 0.105. The number of nitrogens with zero attached hydrogens (tertiary/aromatic N) is 10. The highest BCUT2D eigenvalue weighted by Gasteiger charge is 2.54. The standard InChI is InChI=1S/2C28H28FN5O3S2/c2*1-17-13-30-27(38-17)26(35)28-11-19(18(2)39(36,37)24-15-31-33(3)16-24)4-5-21(28)10-25-20(12-28)14-32-34(25)23-8-6-22(29)7-9-23/h2*6-10,13-16,18-19H,4-5,11-12H2,1-3H3/t18?,19-,28+;18-,19-,28+/m00/s1. The first-order chi connectivity index (χ1) is 37.2. The Morgan fingerprint density at radius 2 is 0.974 bits per heavy atom. The van der Waals surface area contributed by atoms with Gasteiger partial charge in [-0.25, -0.2) is 44.9 Å². The number of aryl methyl sites for hydroxylation is 4. The molecule has 4 aliphatic rings. The van der Waals surface area contributed by atoms with Crippen molar-refractivity contribution in [3.63, 3.8) is 0 Å². The van der Waals surface area contributed by atoms with Crippen molar-refractivity contribution in [3.8, 4) is 11.4 Å². The summed E-state index contributed by atoms with van der Waals surface area (Å²) in [5.41, 5.74) is 5.11. The Hall–Kier alpha value is -6.88. The molecule has 6 atom stereocenters. The smallest absolute Gasteiger partial charge is 0.201 e. The zero-order chi connectivity index (χ0) is 55.1. The van der Waals surface area contributed by atoms with E-state index in [4.69, 9.17) is 0 Å². The van der Waals surface area contributed by atoms with Crippen molar-refractivity contribution in [1.29, 1.82) is 0 Å². The van der Waals surface area contributed by atoms with E-state index in [1.165, 1.54) is 81.1 Å². The molecule has 0 bridgehead atoms. The van der Waals surface area contributed by atoms with Crippen LogP contribution in [0.25, 0.3) is 23.5 Å². The number of sulfone groups is 2. The average molecular weight is 1130 g/mol. The molecule has 22 heteroatoms. The summed E-state index contributed by atoms with van der Waals surface area (Å²) in [5, 5.41) is 16.8. The number of hydrogen-bond acceptors (Lipinski definition) is 14. The summed E-state index contributed by atoms with van der Waals surface area (Å²) >= 11 is 2.73. The normalized spacial score (nSPS) is 21.6. The van der Waals surface area contributed by atoms with E-state index in [-0.39, 0.29) is 44.8 Å². The Bertz CT molecular complexity index is 3690. The summed E-state index contributed by atoms with van der Waals surface area (Å²) in [5.74, 6) is -1.24. The lowest BCUT2D eigenvalue weighted by molar-refractivity contribution is 0.0753. The predicted molar refractivity (Wildman–Crippen MR) is 292 cm³/mol. The molecule has 404 valence electrons. The summed E-state index contributed by atoms with van der Waals surface area (Å²) < 4.78 is 87.7. The molecule has 0 radical (unpaired) electrons. The van der Waals surface area contributed by atoms with Gasteiger partial charge in [-0.1, -0.05) is 11.1 Å². The number of Topliss-reactive ketones (excluding diaryl/α,β-unsaturated/α-hetero) is 2. The minimum Gasteiger partial charge on any atom is -0.290 e. The van der Waals surface area contributed by atoms with E-state index in [2.05, 4.69) is 30.4 Å². The van der Waals surface area contributed by atoms with Gasteiger partial charge in [-0.2, -0.15) is 20.4 Å². The van der Waals surface area contributed by atoms with Gasteiger partial charge >= 0.3 is 0 Å². The summed E-state index contributed by atoms with van der Waals surface area (Å²) in [4.78, 5) is 39.6. The topological polar surface area (TPSA) is 199 Å². The summed E-state index contributed by atoms with van der Waals surface area (Å²) in [6.07, 6.45) is 20.9. The average Bonchev–Trinajstić information content (AvgIpc) is 4.48. The number of fused-ring (bicyclic) bond motifs is 4. The lowest BCUT2D eigenvalue weighted by atomic mass is 9.59. The van der Waals surface area contributed by atoms with E-state index >= 15 is 0 Å². The van der Waals surface area contributed by atoms with Gasteiger partial charge in [0.25, 0.3) is 0 Å². The number of ketones is 2. The van der Waals surface area contributed by atoms with Gasteiger partial charge in [-0.3, -0.25) is 19.0 Å². The maximum atomic E-state index is 14.3. The maximum Gasteiger partial charge on any atom is 0.201 e. The second kappa shape index (κ2) is 20.1. The van der Waals surface area contributed by atoms with E-state index in [0.29, 0.717) is 61.4 Å². The Morgan fingerprint density at radius 1 is 0.590 bits per heavy atom. The highest BCUT2D eigenvalue weighted by atomic mass is 32.2. The molecule has 2 aromatic carbocycles. The monoisotopic (exact) mass is 1130 g/mol. The summed E-state index contributed by atoms with van der Waals surface area (Å²) in [7, 11) is -3.90. The van der Waals surface area contributed by atoms with Crippen molar-refractivity contribution in [3.05, 3.63) is 163 Å². The van der Waals surface area contributed by atoms with Gasteiger partial charge in [0, 0.05) is 48.6 Å². The number of rotatable bonds is 12. The molecule has 6 aromatic heterocycles. The van der Waals surface area contributed by atoms with E-state index < -0.39 is 41.0 Å². The molecule has 0 aliphatic heterocycles. The number of aromatic nitrogens is 10. The Kier molecular flexibility index (Phi) is 13.7. The van der Waals surface area contributed by atoms with E-state index in [9.17, 15) is 35.2 Å². The predicted octanol–water partition coefficient (Wildman–Crippen LogP) is 9.96. The number of thiazole rings is 2. The molecular weight excluding hydrogens is 1070 g/mol. The lowest BCUT2D eigenvalue weighted by Crippen LogP contribution is -2.45. The Morgan fingerprint density at radius 3 is 1.31 bits per heavy atom. The van der Waals surface area contributed by atoms with Crippen molar-refractivity contribution in [1.82, 2.24) is 49.1 Å². The van der Waals surface area contributed by atoms with E-state index in [0.717, 1.165) is 54.8 Å². The van der Waals surface area contributed by atoms with Gasteiger partial charge < -0.3 is 0 Å². The molecule has 6 heterocycles. The van der Waals surface area contributed by atoms with Crippen LogP contribution in [0.15, 0.2) is 119 Å². The van der Waals surface area contributed by atoms with Crippen LogP contribution in [-0.4, -0.2) is 88.0 Å². The molecule has 12 rings (SSSR count). The summed E-state index contributed by atoms with van der Waals surface area (Å²) in [6.45, 7) is 7.32. The molecule has 4 aliphatic carbocycles. The van der Waals surface area contributed by atoms with Gasteiger partial charge in [-0.15, -0.1) is 22.7 Å². The number of halogens is 2. The molecule has 1 unspecified atom stereocenters. The third kappa shape index (κ3) is 9.36. The van der Waals surface area contributed by atoms with Crippen LogP contribution in [0.3, 0.4) is 0 Å². The van der Waals surface area contributed by atoms with Gasteiger partial charge in [-0.05, 0) is 163 Å². The van der Waals surface area contributed by atoms with Crippen LogP contribution in [0.4, 0.5) is 8.78 Å². The highest BCUT2D eigenvalue weighted by Crippen LogP contribution is 2.55. The number of hydrogen-bond donors (Lipinski definition) is 0. The minimum atomic E-state index is -3.64. The molecule has 0 N–H and O–H groups in total.